The average molecular weight is 257 g/mol. The van der Waals surface area contributed by atoms with Gasteiger partial charge in [0.05, 0.1) is 19.6 Å². The smallest absolute Gasteiger partial charge is 0.309 e. The first-order valence-corrected chi connectivity index (χ1v) is 6.14. The fourth-order valence-corrected chi connectivity index (χ4v) is 1.39. The number of benzene rings is 1. The van der Waals surface area contributed by atoms with E-state index in [4.69, 9.17) is 21.1 Å². The molecule has 0 radical (unpaired) electrons. The van der Waals surface area contributed by atoms with Crippen LogP contribution in [0.1, 0.15) is 26.2 Å². The highest BCUT2D eigenvalue weighted by Crippen LogP contribution is 2.17. The summed E-state index contributed by atoms with van der Waals surface area (Å²) in [7, 11) is 0. The highest BCUT2D eigenvalue weighted by atomic mass is 35.5. The molecule has 0 aromatic heterocycles. The van der Waals surface area contributed by atoms with E-state index in [0.717, 1.165) is 12.8 Å². The second-order valence-corrected chi connectivity index (χ2v) is 4.07. The molecule has 0 aliphatic rings. The molecule has 17 heavy (non-hydrogen) atoms. The molecule has 1 aromatic rings. The minimum Gasteiger partial charge on any atom is -0.493 e. The molecule has 0 aliphatic carbocycles. The van der Waals surface area contributed by atoms with E-state index in [0.29, 0.717) is 24.0 Å². The molecule has 0 amide bonds. The summed E-state index contributed by atoms with van der Waals surface area (Å²) in [6, 6.07) is 7.09. The van der Waals surface area contributed by atoms with Gasteiger partial charge in [0, 0.05) is 5.02 Å². The SMILES string of the molecule is CCCCOC(=O)CCOc1cccc(Cl)c1. The van der Waals surface area contributed by atoms with Crippen molar-refractivity contribution in [1.82, 2.24) is 0 Å². The van der Waals surface area contributed by atoms with Crippen LogP contribution in [0.2, 0.25) is 5.02 Å². The van der Waals surface area contributed by atoms with Crippen molar-refractivity contribution < 1.29 is 14.3 Å². The van der Waals surface area contributed by atoms with Crippen molar-refractivity contribution in [3.8, 4) is 5.75 Å². The summed E-state index contributed by atoms with van der Waals surface area (Å²) in [5.74, 6) is 0.444. The predicted molar refractivity (Wildman–Crippen MR) is 67.4 cm³/mol. The summed E-state index contributed by atoms with van der Waals surface area (Å²) < 4.78 is 10.4. The maximum absolute atomic E-state index is 11.2. The zero-order valence-corrected chi connectivity index (χ0v) is 10.7. The molecule has 3 nitrogen and oxygen atoms in total. The van der Waals surface area contributed by atoms with Crippen LogP contribution in [-0.4, -0.2) is 19.2 Å². The fraction of sp³-hybridized carbons (Fsp3) is 0.462. The van der Waals surface area contributed by atoms with Crippen molar-refractivity contribution in [1.29, 1.82) is 0 Å². The molecule has 0 heterocycles. The first kappa shape index (κ1) is 13.8. The van der Waals surface area contributed by atoms with Crippen LogP contribution in [0.25, 0.3) is 0 Å². The van der Waals surface area contributed by atoms with E-state index in [2.05, 4.69) is 6.92 Å². The van der Waals surface area contributed by atoms with Gasteiger partial charge in [-0.25, -0.2) is 0 Å². The Morgan fingerprint density at radius 3 is 2.88 bits per heavy atom. The predicted octanol–water partition coefficient (Wildman–Crippen LogP) is 3.45. The second-order valence-electron chi connectivity index (χ2n) is 3.63. The molecule has 0 atom stereocenters. The van der Waals surface area contributed by atoms with Gasteiger partial charge in [0.25, 0.3) is 0 Å². The van der Waals surface area contributed by atoms with Crippen LogP contribution in [-0.2, 0) is 9.53 Å². The number of halogens is 1. The Morgan fingerprint density at radius 1 is 1.35 bits per heavy atom. The van der Waals surface area contributed by atoms with Crippen LogP contribution in [0, 0.1) is 0 Å². The zero-order valence-electron chi connectivity index (χ0n) is 9.95. The quantitative estimate of drug-likeness (QED) is 0.554. The van der Waals surface area contributed by atoms with Gasteiger partial charge in [-0.1, -0.05) is 31.0 Å². The van der Waals surface area contributed by atoms with E-state index in [9.17, 15) is 4.79 Å². The van der Waals surface area contributed by atoms with Gasteiger partial charge in [0.1, 0.15) is 5.75 Å². The first-order valence-electron chi connectivity index (χ1n) is 5.76. The Kier molecular flexibility index (Phi) is 6.48. The lowest BCUT2D eigenvalue weighted by Gasteiger charge is -2.06. The van der Waals surface area contributed by atoms with Gasteiger partial charge >= 0.3 is 5.97 Å². The van der Waals surface area contributed by atoms with E-state index < -0.39 is 0 Å². The second kappa shape index (κ2) is 7.96. The summed E-state index contributed by atoms with van der Waals surface area (Å²) in [4.78, 5) is 11.2. The van der Waals surface area contributed by atoms with E-state index in [1.54, 1.807) is 24.3 Å². The standard InChI is InChI=1S/C13H17ClO3/c1-2-3-8-17-13(15)7-9-16-12-6-4-5-11(14)10-12/h4-6,10H,2-3,7-9H2,1H3. The number of ether oxygens (including phenoxy) is 2. The summed E-state index contributed by atoms with van der Waals surface area (Å²) in [6.45, 7) is 2.86. The molecule has 0 N–H and O–H groups in total. The Bertz CT molecular complexity index is 352. The lowest BCUT2D eigenvalue weighted by molar-refractivity contribution is -0.144. The minimum absolute atomic E-state index is 0.222. The van der Waals surface area contributed by atoms with Crippen LogP contribution in [0.4, 0.5) is 0 Å². The molecular weight excluding hydrogens is 240 g/mol. The summed E-state index contributed by atoms with van der Waals surface area (Å²) in [5, 5.41) is 0.619. The van der Waals surface area contributed by atoms with Crippen molar-refractivity contribution in [2.75, 3.05) is 13.2 Å². The van der Waals surface area contributed by atoms with Crippen LogP contribution in [0.5, 0.6) is 5.75 Å². The monoisotopic (exact) mass is 256 g/mol. The van der Waals surface area contributed by atoms with E-state index in [-0.39, 0.29) is 12.4 Å². The highest BCUT2D eigenvalue weighted by molar-refractivity contribution is 6.30. The molecule has 94 valence electrons. The minimum atomic E-state index is -0.222. The third-order valence-electron chi connectivity index (χ3n) is 2.13. The Balaban J connectivity index is 2.17. The van der Waals surface area contributed by atoms with Gasteiger partial charge in [-0.15, -0.1) is 0 Å². The van der Waals surface area contributed by atoms with E-state index in [1.807, 2.05) is 0 Å². The Hall–Kier alpha value is -1.22. The van der Waals surface area contributed by atoms with Crippen molar-refractivity contribution in [2.24, 2.45) is 0 Å². The van der Waals surface area contributed by atoms with Crippen LogP contribution >= 0.6 is 11.6 Å². The molecule has 0 saturated carbocycles. The van der Waals surface area contributed by atoms with Crippen LogP contribution < -0.4 is 4.74 Å². The normalized spacial score (nSPS) is 10.0. The lowest BCUT2D eigenvalue weighted by Crippen LogP contribution is -2.10. The summed E-state index contributed by atoms with van der Waals surface area (Å²) in [6.07, 6.45) is 2.18. The number of rotatable bonds is 7. The molecule has 0 fully saturated rings. The molecule has 0 aliphatic heterocycles. The first-order chi connectivity index (χ1) is 8.22. The molecule has 0 spiro atoms. The fourth-order valence-electron chi connectivity index (χ4n) is 1.21. The number of unbranched alkanes of at least 4 members (excludes halogenated alkanes) is 1. The summed E-state index contributed by atoms with van der Waals surface area (Å²) >= 11 is 5.80. The maximum Gasteiger partial charge on any atom is 0.309 e. The number of carbonyl (C=O) groups excluding carboxylic acids is 1. The molecule has 0 bridgehead atoms. The van der Waals surface area contributed by atoms with Crippen LogP contribution in [0.3, 0.4) is 0 Å². The van der Waals surface area contributed by atoms with E-state index >= 15 is 0 Å². The van der Waals surface area contributed by atoms with Crippen LogP contribution in [0.15, 0.2) is 24.3 Å². The number of hydrogen-bond acceptors (Lipinski definition) is 3. The third kappa shape index (κ3) is 6.17. The number of hydrogen-bond donors (Lipinski definition) is 0. The highest BCUT2D eigenvalue weighted by Gasteiger charge is 2.03. The van der Waals surface area contributed by atoms with Gasteiger partial charge in [-0.3, -0.25) is 4.79 Å². The maximum atomic E-state index is 11.2. The number of carbonyl (C=O) groups is 1. The van der Waals surface area contributed by atoms with E-state index in [1.165, 1.54) is 0 Å². The van der Waals surface area contributed by atoms with Gasteiger partial charge < -0.3 is 9.47 Å². The molecule has 0 unspecified atom stereocenters. The van der Waals surface area contributed by atoms with Crippen molar-refractivity contribution in [3.05, 3.63) is 29.3 Å². The Labute approximate surface area is 107 Å². The molecule has 4 heteroatoms. The molecule has 1 aromatic carbocycles. The van der Waals surface area contributed by atoms with Crippen molar-refractivity contribution >= 4 is 17.6 Å². The van der Waals surface area contributed by atoms with Crippen molar-refractivity contribution in [2.45, 2.75) is 26.2 Å². The molecular formula is C13H17ClO3. The summed E-state index contributed by atoms with van der Waals surface area (Å²) in [5.41, 5.74) is 0. The van der Waals surface area contributed by atoms with Gasteiger partial charge in [-0.2, -0.15) is 0 Å². The molecule has 0 saturated heterocycles. The van der Waals surface area contributed by atoms with Gasteiger partial charge in [0.2, 0.25) is 0 Å². The third-order valence-corrected chi connectivity index (χ3v) is 2.37. The Morgan fingerprint density at radius 2 is 2.18 bits per heavy atom. The largest absolute Gasteiger partial charge is 0.493 e. The van der Waals surface area contributed by atoms with Gasteiger partial charge in [-0.05, 0) is 24.6 Å². The zero-order chi connectivity index (χ0) is 12.5. The lowest BCUT2D eigenvalue weighted by atomic mass is 10.3. The average Bonchev–Trinajstić information content (AvgIpc) is 2.29. The number of esters is 1. The topological polar surface area (TPSA) is 35.5 Å². The molecule has 1 rings (SSSR count). The van der Waals surface area contributed by atoms with Gasteiger partial charge in [0.15, 0.2) is 0 Å². The van der Waals surface area contributed by atoms with Crippen molar-refractivity contribution in [3.63, 3.8) is 0 Å².